The molecule has 6 nitrogen and oxygen atoms in total. The highest BCUT2D eigenvalue weighted by Crippen LogP contribution is 2.35. The number of rotatable bonds is 3. The Morgan fingerprint density at radius 1 is 1.15 bits per heavy atom. The highest BCUT2D eigenvalue weighted by Gasteiger charge is 2.24. The summed E-state index contributed by atoms with van der Waals surface area (Å²) in [6, 6.07) is 6.78. The third kappa shape index (κ3) is 3.00. The van der Waals surface area contributed by atoms with Gasteiger partial charge in [-0.25, -0.2) is 9.97 Å². The molecule has 0 radical (unpaired) electrons. The lowest BCUT2D eigenvalue weighted by Gasteiger charge is -2.17. The van der Waals surface area contributed by atoms with Crippen LogP contribution < -0.4 is 5.32 Å². The van der Waals surface area contributed by atoms with Crippen LogP contribution in [0.3, 0.4) is 0 Å². The van der Waals surface area contributed by atoms with Crippen LogP contribution in [0.1, 0.15) is 16.3 Å². The molecule has 3 aromatic rings. The average molecular weight is 405 g/mol. The second-order valence-electron chi connectivity index (χ2n) is 5.96. The third-order valence-corrected chi connectivity index (χ3v) is 7.59. The van der Waals surface area contributed by atoms with Crippen molar-refractivity contribution in [3.8, 4) is 0 Å². The number of aryl methyl sites for hydroxylation is 3. The Labute approximate surface area is 159 Å². The minimum absolute atomic E-state index is 0.207. The van der Waals surface area contributed by atoms with Crippen LogP contribution >= 0.6 is 23.1 Å². The van der Waals surface area contributed by atoms with Gasteiger partial charge in [0.05, 0.1) is 11.4 Å². The first kappa shape index (κ1) is 17.4. The van der Waals surface area contributed by atoms with Gasteiger partial charge in [-0.05, 0) is 38.5 Å². The molecule has 1 aromatic carbocycles. The molecule has 0 amide bonds. The lowest BCUT2D eigenvalue weighted by molar-refractivity contribution is 0.598. The van der Waals surface area contributed by atoms with E-state index in [9.17, 15) is 8.42 Å². The molecule has 134 valence electrons. The van der Waals surface area contributed by atoms with Crippen molar-refractivity contribution >= 4 is 54.9 Å². The number of para-hydroxylation sites is 1. The second-order valence-corrected chi connectivity index (χ2v) is 9.70. The van der Waals surface area contributed by atoms with Gasteiger partial charge in [0.2, 0.25) is 0 Å². The predicted molar refractivity (Wildman–Crippen MR) is 107 cm³/mol. The van der Waals surface area contributed by atoms with Crippen molar-refractivity contribution in [1.82, 2.24) is 9.97 Å². The molecule has 0 saturated carbocycles. The Morgan fingerprint density at radius 2 is 1.92 bits per heavy atom. The van der Waals surface area contributed by atoms with E-state index in [1.807, 2.05) is 6.92 Å². The van der Waals surface area contributed by atoms with Crippen molar-refractivity contribution in [3.05, 3.63) is 40.5 Å². The molecule has 0 aliphatic carbocycles. The highest BCUT2D eigenvalue weighted by atomic mass is 32.2. The second kappa shape index (κ2) is 6.33. The zero-order valence-corrected chi connectivity index (χ0v) is 16.8. The summed E-state index contributed by atoms with van der Waals surface area (Å²) in [4.78, 5) is 11.5. The predicted octanol–water partition coefficient (Wildman–Crippen LogP) is 3.92. The number of benzene rings is 1. The van der Waals surface area contributed by atoms with Gasteiger partial charge in [-0.15, -0.1) is 15.7 Å². The third-order valence-electron chi connectivity index (χ3n) is 4.13. The molecule has 3 heterocycles. The molecule has 1 aliphatic heterocycles. The van der Waals surface area contributed by atoms with Gasteiger partial charge in [0, 0.05) is 10.3 Å². The molecule has 1 N–H and O–H groups in total. The lowest BCUT2D eigenvalue weighted by Crippen LogP contribution is -2.23. The number of nitrogens with one attached hydrogen (secondary N) is 1. The van der Waals surface area contributed by atoms with Crippen LogP contribution in [0.5, 0.6) is 0 Å². The maximum Gasteiger partial charge on any atom is 0.286 e. The van der Waals surface area contributed by atoms with E-state index >= 15 is 0 Å². The van der Waals surface area contributed by atoms with E-state index in [-0.39, 0.29) is 4.90 Å². The molecule has 0 unspecified atom stereocenters. The standard InChI is InChI=1S/C17H16N4O2S3/c1-9-10(2)25-17-15(9)16(18-11(3)19-17)24-8-14-20-12-6-4-5-7-13(12)26(22,23)21-14/h4-7H,8H2,1-3H3,(H,20,21). The maximum absolute atomic E-state index is 12.4. The molecule has 0 bridgehead atoms. The number of thioether (sulfide) groups is 1. The number of amidine groups is 1. The largest absolute Gasteiger partial charge is 0.341 e. The Kier molecular flexibility index (Phi) is 4.25. The number of fused-ring (bicyclic) bond motifs is 2. The Morgan fingerprint density at radius 3 is 2.73 bits per heavy atom. The minimum atomic E-state index is -3.67. The van der Waals surface area contributed by atoms with Gasteiger partial charge < -0.3 is 5.32 Å². The number of hydrogen-bond acceptors (Lipinski definition) is 7. The van der Waals surface area contributed by atoms with Crippen LogP contribution in [0.25, 0.3) is 10.2 Å². The van der Waals surface area contributed by atoms with Gasteiger partial charge in [-0.1, -0.05) is 23.9 Å². The summed E-state index contributed by atoms with van der Waals surface area (Å²) < 4.78 is 28.6. The lowest BCUT2D eigenvalue weighted by atomic mass is 10.2. The average Bonchev–Trinajstić information content (AvgIpc) is 2.86. The smallest absolute Gasteiger partial charge is 0.286 e. The first-order chi connectivity index (χ1) is 12.3. The molecular formula is C17H16N4O2S3. The molecule has 26 heavy (non-hydrogen) atoms. The van der Waals surface area contributed by atoms with Gasteiger partial charge >= 0.3 is 0 Å². The van der Waals surface area contributed by atoms with E-state index in [0.29, 0.717) is 23.1 Å². The monoisotopic (exact) mass is 404 g/mol. The molecule has 2 aromatic heterocycles. The number of nitrogens with zero attached hydrogens (tertiary/aromatic N) is 3. The van der Waals surface area contributed by atoms with E-state index in [0.717, 1.165) is 15.2 Å². The van der Waals surface area contributed by atoms with E-state index in [1.54, 1.807) is 35.6 Å². The summed E-state index contributed by atoms with van der Waals surface area (Å²) in [5.74, 6) is 1.49. The summed E-state index contributed by atoms with van der Waals surface area (Å²) in [6.45, 7) is 6.00. The molecule has 0 spiro atoms. The van der Waals surface area contributed by atoms with Gasteiger partial charge in [0.15, 0.2) is 0 Å². The number of anilines is 1. The van der Waals surface area contributed by atoms with Gasteiger partial charge in [0.1, 0.15) is 26.4 Å². The summed E-state index contributed by atoms with van der Waals surface area (Å²) in [6.07, 6.45) is 0. The summed E-state index contributed by atoms with van der Waals surface area (Å²) in [5, 5.41) is 5.02. The van der Waals surface area contributed by atoms with Crippen LogP contribution in [0.15, 0.2) is 38.6 Å². The van der Waals surface area contributed by atoms with E-state index < -0.39 is 10.0 Å². The van der Waals surface area contributed by atoms with Gasteiger partial charge in [-0.3, -0.25) is 0 Å². The zero-order chi connectivity index (χ0) is 18.5. The van der Waals surface area contributed by atoms with Crippen LogP contribution in [0, 0.1) is 20.8 Å². The fourth-order valence-electron chi connectivity index (χ4n) is 2.79. The minimum Gasteiger partial charge on any atom is -0.341 e. The fraction of sp³-hybridized carbons (Fsp3) is 0.235. The Bertz CT molecular complexity index is 1170. The quantitative estimate of drug-likeness (QED) is 0.526. The van der Waals surface area contributed by atoms with Crippen LogP contribution in [0.4, 0.5) is 5.69 Å². The molecule has 4 rings (SSSR count). The number of hydrogen-bond donors (Lipinski definition) is 1. The van der Waals surface area contributed by atoms with Crippen LogP contribution in [0.2, 0.25) is 0 Å². The molecule has 0 atom stereocenters. The molecule has 0 fully saturated rings. The molecule has 1 aliphatic rings. The van der Waals surface area contributed by atoms with E-state index in [4.69, 9.17) is 0 Å². The van der Waals surface area contributed by atoms with Crippen molar-refractivity contribution < 1.29 is 8.42 Å². The number of thiophene rings is 1. The molecular weight excluding hydrogens is 388 g/mol. The van der Waals surface area contributed by atoms with Gasteiger partial charge in [0.25, 0.3) is 10.0 Å². The Hall–Kier alpha value is -1.97. The summed E-state index contributed by atoms with van der Waals surface area (Å²) in [5.41, 5.74) is 1.73. The normalized spacial score (nSPS) is 15.4. The topological polar surface area (TPSA) is 84.3 Å². The zero-order valence-electron chi connectivity index (χ0n) is 14.4. The maximum atomic E-state index is 12.4. The van der Waals surface area contributed by atoms with E-state index in [2.05, 4.69) is 33.5 Å². The fourth-order valence-corrected chi connectivity index (χ4v) is 6.15. The summed E-state index contributed by atoms with van der Waals surface area (Å²) in [7, 11) is -3.67. The van der Waals surface area contributed by atoms with Crippen molar-refractivity contribution in [2.45, 2.75) is 30.7 Å². The SMILES string of the molecule is Cc1nc(SCC2=NS(=O)(=O)c3ccccc3N2)c2c(C)c(C)sc2n1. The van der Waals surface area contributed by atoms with Gasteiger partial charge in [-0.2, -0.15) is 8.42 Å². The van der Waals surface area contributed by atoms with Crippen LogP contribution in [-0.4, -0.2) is 30.0 Å². The number of aromatic nitrogens is 2. The van der Waals surface area contributed by atoms with Crippen molar-refractivity contribution in [2.75, 3.05) is 11.1 Å². The van der Waals surface area contributed by atoms with Crippen LogP contribution in [-0.2, 0) is 10.0 Å². The van der Waals surface area contributed by atoms with E-state index in [1.165, 1.54) is 22.2 Å². The Balaban J connectivity index is 1.67. The first-order valence-electron chi connectivity index (χ1n) is 7.92. The summed E-state index contributed by atoms with van der Waals surface area (Å²) >= 11 is 3.12. The highest BCUT2D eigenvalue weighted by molar-refractivity contribution is 8.00. The first-order valence-corrected chi connectivity index (χ1v) is 11.2. The molecule has 9 heteroatoms. The van der Waals surface area contributed by atoms with Crippen molar-refractivity contribution in [1.29, 1.82) is 0 Å². The molecule has 0 saturated heterocycles. The number of sulfonamides is 1. The van der Waals surface area contributed by atoms with Crippen molar-refractivity contribution in [2.24, 2.45) is 4.40 Å². The van der Waals surface area contributed by atoms with Crippen molar-refractivity contribution in [3.63, 3.8) is 0 Å².